The van der Waals surface area contributed by atoms with E-state index >= 15 is 0 Å². The molecule has 0 radical (unpaired) electrons. The minimum absolute atomic E-state index is 0.126. The normalized spacial score (nSPS) is 23.2. The van der Waals surface area contributed by atoms with E-state index < -0.39 is 28.7 Å². The van der Waals surface area contributed by atoms with Crippen LogP contribution in [0, 0.1) is 12.8 Å². The summed E-state index contributed by atoms with van der Waals surface area (Å²) in [5.41, 5.74) is 0. The summed E-state index contributed by atoms with van der Waals surface area (Å²) in [4.78, 5) is 16.8. The standard InChI is InChI=1S/C18H26F3N3O3S2/c1-14-5-6-16(28-14)29(26,27)24-9-2-4-15(12-24)17(25)23-8-3-7-22(10-11-23)13-18(19,20)21/h5-6,15H,2-4,7-13H2,1H3. The summed E-state index contributed by atoms with van der Waals surface area (Å²) >= 11 is 1.21. The van der Waals surface area contributed by atoms with E-state index in [-0.39, 0.29) is 29.8 Å². The molecule has 1 unspecified atom stereocenters. The topological polar surface area (TPSA) is 60.9 Å². The van der Waals surface area contributed by atoms with Crippen molar-refractivity contribution < 1.29 is 26.4 Å². The van der Waals surface area contributed by atoms with Crippen LogP contribution in [0.3, 0.4) is 0 Å². The van der Waals surface area contributed by atoms with Gasteiger partial charge < -0.3 is 4.90 Å². The van der Waals surface area contributed by atoms with Crippen molar-refractivity contribution in [1.82, 2.24) is 14.1 Å². The average Bonchev–Trinajstić information content (AvgIpc) is 2.97. The van der Waals surface area contributed by atoms with Gasteiger partial charge in [0.05, 0.1) is 12.5 Å². The van der Waals surface area contributed by atoms with Gasteiger partial charge in [-0.15, -0.1) is 11.3 Å². The molecule has 0 aliphatic carbocycles. The molecule has 0 aromatic carbocycles. The van der Waals surface area contributed by atoms with E-state index in [4.69, 9.17) is 0 Å². The van der Waals surface area contributed by atoms with Crippen LogP contribution in [-0.4, -0.2) is 80.4 Å². The fraction of sp³-hybridized carbons (Fsp3) is 0.722. The highest BCUT2D eigenvalue weighted by Gasteiger charge is 2.37. The van der Waals surface area contributed by atoms with E-state index in [0.717, 1.165) is 4.88 Å². The molecule has 1 aromatic heterocycles. The fourth-order valence-corrected chi connectivity index (χ4v) is 6.86. The second kappa shape index (κ2) is 8.91. The van der Waals surface area contributed by atoms with Crippen LogP contribution in [0.1, 0.15) is 24.1 Å². The molecule has 2 saturated heterocycles. The number of thiophene rings is 1. The highest BCUT2D eigenvalue weighted by molar-refractivity contribution is 7.91. The van der Waals surface area contributed by atoms with Crippen LogP contribution < -0.4 is 0 Å². The van der Waals surface area contributed by atoms with Crippen molar-refractivity contribution in [2.75, 3.05) is 45.8 Å². The van der Waals surface area contributed by atoms with Gasteiger partial charge in [0.2, 0.25) is 5.91 Å². The molecule has 3 rings (SSSR count). The minimum atomic E-state index is -4.25. The lowest BCUT2D eigenvalue weighted by Gasteiger charge is -2.33. The molecule has 2 aliphatic heterocycles. The number of sulfonamides is 1. The van der Waals surface area contributed by atoms with Crippen molar-refractivity contribution >= 4 is 27.3 Å². The Hall–Kier alpha value is -1.17. The van der Waals surface area contributed by atoms with Crippen molar-refractivity contribution in [3.8, 4) is 0 Å². The van der Waals surface area contributed by atoms with Crippen LogP contribution in [0.4, 0.5) is 13.2 Å². The number of aryl methyl sites for hydroxylation is 1. The average molecular weight is 454 g/mol. The molecule has 0 bridgehead atoms. The summed E-state index contributed by atoms with van der Waals surface area (Å²) in [5, 5.41) is 0. The number of amides is 1. The van der Waals surface area contributed by atoms with E-state index in [1.54, 1.807) is 17.0 Å². The lowest BCUT2D eigenvalue weighted by Crippen LogP contribution is -2.47. The number of carbonyl (C=O) groups excluding carboxylic acids is 1. The van der Waals surface area contributed by atoms with Crippen LogP contribution in [0.5, 0.6) is 0 Å². The molecule has 2 aliphatic rings. The molecular formula is C18H26F3N3O3S2. The summed E-state index contributed by atoms with van der Waals surface area (Å²) in [5.74, 6) is -0.602. The van der Waals surface area contributed by atoms with Crippen molar-refractivity contribution in [2.24, 2.45) is 5.92 Å². The van der Waals surface area contributed by atoms with Crippen molar-refractivity contribution in [3.05, 3.63) is 17.0 Å². The zero-order chi connectivity index (χ0) is 21.2. The quantitative estimate of drug-likeness (QED) is 0.703. The first kappa shape index (κ1) is 22.5. The monoisotopic (exact) mass is 453 g/mol. The SMILES string of the molecule is Cc1ccc(S(=O)(=O)N2CCCC(C(=O)N3CCCN(CC(F)(F)F)CC3)C2)s1. The van der Waals surface area contributed by atoms with Gasteiger partial charge in [0.1, 0.15) is 4.21 Å². The predicted molar refractivity (Wildman–Crippen MR) is 104 cm³/mol. The Balaban J connectivity index is 1.62. The minimum Gasteiger partial charge on any atom is -0.341 e. The number of hydrogen-bond acceptors (Lipinski definition) is 5. The van der Waals surface area contributed by atoms with Gasteiger partial charge in [-0.05, 0) is 38.3 Å². The summed E-state index contributed by atoms with van der Waals surface area (Å²) in [6, 6.07) is 3.35. The molecule has 164 valence electrons. The molecule has 2 fully saturated rings. The first-order chi connectivity index (χ1) is 13.6. The van der Waals surface area contributed by atoms with Crippen LogP contribution in [-0.2, 0) is 14.8 Å². The number of halogens is 3. The maximum atomic E-state index is 13.0. The maximum absolute atomic E-state index is 13.0. The van der Waals surface area contributed by atoms with E-state index in [0.29, 0.717) is 38.9 Å². The fourth-order valence-electron chi connectivity index (χ4n) is 3.90. The molecule has 1 aromatic rings. The first-order valence-electron chi connectivity index (χ1n) is 9.71. The van der Waals surface area contributed by atoms with Gasteiger partial charge in [-0.2, -0.15) is 17.5 Å². The number of rotatable bonds is 4. The molecule has 0 spiro atoms. The molecule has 29 heavy (non-hydrogen) atoms. The smallest absolute Gasteiger partial charge is 0.341 e. The lowest BCUT2D eigenvalue weighted by molar-refractivity contribution is -0.145. The highest BCUT2D eigenvalue weighted by Crippen LogP contribution is 2.29. The molecular weight excluding hydrogens is 427 g/mol. The largest absolute Gasteiger partial charge is 0.401 e. The number of alkyl halides is 3. The number of hydrogen-bond donors (Lipinski definition) is 0. The third-order valence-corrected chi connectivity index (χ3v) is 8.68. The summed E-state index contributed by atoms with van der Waals surface area (Å²) in [6.07, 6.45) is -2.59. The van der Waals surface area contributed by atoms with Gasteiger partial charge in [-0.25, -0.2) is 8.42 Å². The second-order valence-corrected chi connectivity index (χ2v) is 11.1. The maximum Gasteiger partial charge on any atom is 0.401 e. The molecule has 1 atom stereocenters. The molecule has 3 heterocycles. The van der Waals surface area contributed by atoms with Crippen LogP contribution in [0.2, 0.25) is 0 Å². The van der Waals surface area contributed by atoms with Gasteiger partial charge in [-0.3, -0.25) is 9.69 Å². The van der Waals surface area contributed by atoms with Gasteiger partial charge >= 0.3 is 6.18 Å². The summed E-state index contributed by atoms with van der Waals surface area (Å²) in [7, 11) is -3.63. The Morgan fingerprint density at radius 1 is 1.14 bits per heavy atom. The summed E-state index contributed by atoms with van der Waals surface area (Å²) < 4.78 is 65.3. The van der Waals surface area contributed by atoms with E-state index in [2.05, 4.69) is 0 Å². The molecule has 0 N–H and O–H groups in total. The Morgan fingerprint density at radius 3 is 2.55 bits per heavy atom. The van der Waals surface area contributed by atoms with Crippen LogP contribution >= 0.6 is 11.3 Å². The summed E-state index contributed by atoms with van der Waals surface area (Å²) in [6.45, 7) is 2.49. The Morgan fingerprint density at radius 2 is 1.90 bits per heavy atom. The van der Waals surface area contributed by atoms with E-state index in [1.807, 2.05) is 6.92 Å². The van der Waals surface area contributed by atoms with Crippen molar-refractivity contribution in [3.63, 3.8) is 0 Å². The molecule has 6 nitrogen and oxygen atoms in total. The Labute approximate surface area is 173 Å². The zero-order valence-electron chi connectivity index (χ0n) is 16.3. The number of piperidine rings is 1. The lowest BCUT2D eigenvalue weighted by atomic mass is 9.98. The first-order valence-corrected chi connectivity index (χ1v) is 12.0. The van der Waals surface area contributed by atoms with E-state index in [1.165, 1.54) is 20.5 Å². The molecule has 1 amide bonds. The zero-order valence-corrected chi connectivity index (χ0v) is 18.0. The van der Waals surface area contributed by atoms with Gasteiger partial charge in [-0.1, -0.05) is 0 Å². The molecule has 0 saturated carbocycles. The number of nitrogens with zero attached hydrogens (tertiary/aromatic N) is 3. The third-order valence-electron chi connectivity index (χ3n) is 5.35. The third kappa shape index (κ3) is 5.71. The Bertz CT molecular complexity index is 826. The van der Waals surface area contributed by atoms with E-state index in [9.17, 15) is 26.4 Å². The van der Waals surface area contributed by atoms with Crippen molar-refractivity contribution in [2.45, 2.75) is 36.6 Å². The van der Waals surface area contributed by atoms with Gasteiger partial charge in [0.25, 0.3) is 10.0 Å². The Kier molecular flexibility index (Phi) is 6.91. The number of carbonyl (C=O) groups is 1. The van der Waals surface area contributed by atoms with Crippen LogP contribution in [0.15, 0.2) is 16.3 Å². The van der Waals surface area contributed by atoms with Gasteiger partial charge in [0, 0.05) is 44.1 Å². The molecule has 11 heteroatoms. The highest BCUT2D eigenvalue weighted by atomic mass is 32.2. The second-order valence-electron chi connectivity index (χ2n) is 7.64. The van der Waals surface area contributed by atoms with Crippen LogP contribution in [0.25, 0.3) is 0 Å². The predicted octanol–water partition coefficient (Wildman–Crippen LogP) is 2.55. The van der Waals surface area contributed by atoms with Gasteiger partial charge in [0.15, 0.2) is 0 Å². The van der Waals surface area contributed by atoms with Crippen molar-refractivity contribution in [1.29, 1.82) is 0 Å².